The third kappa shape index (κ3) is 4.20. The quantitative estimate of drug-likeness (QED) is 0.665. The molecule has 0 heterocycles. The van der Waals surface area contributed by atoms with Crippen LogP contribution in [0.2, 0.25) is 0 Å². The molecule has 0 aromatic heterocycles. The van der Waals surface area contributed by atoms with Gasteiger partial charge in [-0.3, -0.25) is 4.84 Å². The summed E-state index contributed by atoms with van der Waals surface area (Å²) in [5, 5.41) is 15.1. The number of nitrogens with zero attached hydrogens (tertiary/aromatic N) is 1. The standard InChI is InChI=1S/C14H21N3O5S/c1-17(22-2)23(20,21)12-6-4-11(5-7-12)16-13(18)15-10-14(19)8-3-9-14/h4-7,19H,3,8-10H2,1-2H3,(H2,15,16,18). The fraction of sp³-hybridized carbons (Fsp3) is 0.500. The third-order valence-electron chi connectivity index (χ3n) is 3.87. The molecular formula is C14H21N3O5S. The zero-order valence-electron chi connectivity index (χ0n) is 13.1. The van der Waals surface area contributed by atoms with Gasteiger partial charge in [-0.05, 0) is 43.5 Å². The first kappa shape index (κ1) is 17.7. The molecule has 0 unspecified atom stereocenters. The number of rotatable bonds is 6. The van der Waals surface area contributed by atoms with Gasteiger partial charge >= 0.3 is 6.03 Å². The van der Waals surface area contributed by atoms with Crippen LogP contribution in [0.3, 0.4) is 0 Å². The molecule has 2 amide bonds. The Balaban J connectivity index is 1.93. The van der Waals surface area contributed by atoms with Crippen LogP contribution < -0.4 is 10.6 Å². The number of carbonyl (C=O) groups is 1. The minimum Gasteiger partial charge on any atom is -0.388 e. The Kier molecular flexibility index (Phi) is 5.25. The van der Waals surface area contributed by atoms with Crippen LogP contribution >= 0.6 is 0 Å². The largest absolute Gasteiger partial charge is 0.388 e. The monoisotopic (exact) mass is 343 g/mol. The highest BCUT2D eigenvalue weighted by molar-refractivity contribution is 7.89. The van der Waals surface area contributed by atoms with Gasteiger partial charge in [0.05, 0.1) is 17.6 Å². The smallest absolute Gasteiger partial charge is 0.319 e. The lowest BCUT2D eigenvalue weighted by Gasteiger charge is -2.36. The van der Waals surface area contributed by atoms with Crippen molar-refractivity contribution in [1.29, 1.82) is 0 Å². The summed E-state index contributed by atoms with van der Waals surface area (Å²) in [6.07, 6.45) is 2.34. The zero-order valence-corrected chi connectivity index (χ0v) is 13.9. The molecule has 1 aromatic carbocycles. The fourth-order valence-corrected chi connectivity index (χ4v) is 3.11. The van der Waals surface area contributed by atoms with Crippen LogP contribution in [0.1, 0.15) is 19.3 Å². The van der Waals surface area contributed by atoms with E-state index in [0.29, 0.717) is 18.5 Å². The van der Waals surface area contributed by atoms with E-state index >= 15 is 0 Å². The molecule has 0 bridgehead atoms. The Morgan fingerprint density at radius 2 is 1.96 bits per heavy atom. The molecule has 1 saturated carbocycles. The van der Waals surface area contributed by atoms with E-state index in [9.17, 15) is 18.3 Å². The third-order valence-corrected chi connectivity index (χ3v) is 5.56. The van der Waals surface area contributed by atoms with Gasteiger partial charge in [-0.15, -0.1) is 0 Å². The topological polar surface area (TPSA) is 108 Å². The number of urea groups is 1. The van der Waals surface area contributed by atoms with Gasteiger partial charge in [0, 0.05) is 19.3 Å². The van der Waals surface area contributed by atoms with Gasteiger partial charge in [0.15, 0.2) is 0 Å². The van der Waals surface area contributed by atoms with Crippen LogP contribution in [0.15, 0.2) is 29.2 Å². The number of hydroxylamine groups is 1. The number of carbonyl (C=O) groups excluding carboxylic acids is 1. The second kappa shape index (κ2) is 6.83. The summed E-state index contributed by atoms with van der Waals surface area (Å²) < 4.78 is 24.8. The summed E-state index contributed by atoms with van der Waals surface area (Å²) in [5.41, 5.74) is -0.345. The van der Waals surface area contributed by atoms with Gasteiger partial charge in [-0.1, -0.05) is 4.47 Å². The van der Waals surface area contributed by atoms with Gasteiger partial charge in [0.1, 0.15) is 0 Å². The Morgan fingerprint density at radius 1 is 1.35 bits per heavy atom. The van der Waals surface area contributed by atoms with E-state index in [1.807, 2.05) is 0 Å². The van der Waals surface area contributed by atoms with Crippen molar-refractivity contribution in [3.63, 3.8) is 0 Å². The Morgan fingerprint density at radius 3 is 2.43 bits per heavy atom. The average Bonchev–Trinajstić information content (AvgIpc) is 2.50. The van der Waals surface area contributed by atoms with E-state index in [0.717, 1.165) is 10.9 Å². The van der Waals surface area contributed by atoms with E-state index in [1.54, 1.807) is 0 Å². The summed E-state index contributed by atoms with van der Waals surface area (Å²) in [4.78, 5) is 16.5. The van der Waals surface area contributed by atoms with Crippen molar-refractivity contribution < 1.29 is 23.2 Å². The molecule has 0 atom stereocenters. The molecule has 3 N–H and O–H groups in total. The molecule has 0 radical (unpaired) electrons. The summed E-state index contributed by atoms with van der Waals surface area (Å²) in [6, 6.07) is 5.26. The summed E-state index contributed by atoms with van der Waals surface area (Å²) in [5.74, 6) is 0. The molecule has 23 heavy (non-hydrogen) atoms. The second-order valence-electron chi connectivity index (χ2n) is 5.51. The van der Waals surface area contributed by atoms with Crippen molar-refractivity contribution >= 4 is 21.7 Å². The molecule has 8 nitrogen and oxygen atoms in total. The molecule has 128 valence electrons. The maximum Gasteiger partial charge on any atom is 0.319 e. The van der Waals surface area contributed by atoms with Crippen molar-refractivity contribution in [2.24, 2.45) is 0 Å². The van der Waals surface area contributed by atoms with Crippen molar-refractivity contribution in [3.05, 3.63) is 24.3 Å². The highest BCUT2D eigenvalue weighted by Crippen LogP contribution is 2.30. The van der Waals surface area contributed by atoms with Crippen LogP contribution in [-0.4, -0.2) is 50.3 Å². The molecule has 1 aliphatic carbocycles. The first-order chi connectivity index (χ1) is 10.8. The first-order valence-corrected chi connectivity index (χ1v) is 8.61. The van der Waals surface area contributed by atoms with Gasteiger partial charge in [-0.25, -0.2) is 13.2 Å². The predicted molar refractivity (Wildman–Crippen MR) is 84.2 cm³/mol. The number of nitrogens with one attached hydrogen (secondary N) is 2. The highest BCUT2D eigenvalue weighted by Gasteiger charge is 2.34. The Labute approximate surface area is 135 Å². The molecule has 0 spiro atoms. The van der Waals surface area contributed by atoms with Gasteiger partial charge in [0.25, 0.3) is 10.0 Å². The molecule has 2 rings (SSSR count). The van der Waals surface area contributed by atoms with Gasteiger partial charge in [-0.2, -0.15) is 0 Å². The Hall–Kier alpha value is -1.68. The summed E-state index contributed by atoms with van der Waals surface area (Å²) in [7, 11) is -1.16. The van der Waals surface area contributed by atoms with Gasteiger partial charge in [0.2, 0.25) is 0 Å². The number of aliphatic hydroxyl groups is 1. The van der Waals surface area contributed by atoms with Crippen molar-refractivity contribution in [2.45, 2.75) is 29.8 Å². The first-order valence-electron chi connectivity index (χ1n) is 7.17. The number of amides is 2. The Bertz CT molecular complexity index is 655. The van der Waals surface area contributed by atoms with Crippen LogP contribution in [0.4, 0.5) is 10.5 Å². The zero-order chi connectivity index (χ0) is 17.1. The summed E-state index contributed by atoms with van der Waals surface area (Å²) >= 11 is 0. The summed E-state index contributed by atoms with van der Waals surface area (Å²) in [6.45, 7) is 0.198. The maximum atomic E-state index is 12.0. The van der Waals surface area contributed by atoms with Crippen molar-refractivity contribution in [3.8, 4) is 0 Å². The van der Waals surface area contributed by atoms with Crippen LogP contribution in [0, 0.1) is 0 Å². The van der Waals surface area contributed by atoms with Gasteiger partial charge < -0.3 is 15.7 Å². The van der Waals surface area contributed by atoms with E-state index < -0.39 is 21.7 Å². The highest BCUT2D eigenvalue weighted by atomic mass is 32.2. The maximum absolute atomic E-state index is 12.0. The van der Waals surface area contributed by atoms with E-state index in [1.165, 1.54) is 38.4 Å². The number of sulfonamides is 1. The second-order valence-corrected chi connectivity index (χ2v) is 7.44. The molecule has 9 heteroatoms. The van der Waals surface area contributed by atoms with E-state index in [4.69, 9.17) is 0 Å². The van der Waals surface area contributed by atoms with Crippen LogP contribution in [0.25, 0.3) is 0 Å². The van der Waals surface area contributed by atoms with Crippen LogP contribution in [0.5, 0.6) is 0 Å². The average molecular weight is 343 g/mol. The predicted octanol–water partition coefficient (Wildman–Crippen LogP) is 0.905. The van der Waals surface area contributed by atoms with Crippen molar-refractivity contribution in [2.75, 3.05) is 26.0 Å². The fourth-order valence-electron chi connectivity index (χ4n) is 2.14. The minimum atomic E-state index is -3.71. The normalized spacial score (nSPS) is 16.7. The number of hydrogen-bond donors (Lipinski definition) is 3. The van der Waals surface area contributed by atoms with E-state index in [-0.39, 0.29) is 11.4 Å². The number of hydrogen-bond acceptors (Lipinski definition) is 5. The lowest BCUT2D eigenvalue weighted by Crippen LogP contribution is -2.48. The minimum absolute atomic E-state index is 0.0524. The molecule has 0 saturated heterocycles. The molecule has 0 aliphatic heterocycles. The molecular weight excluding hydrogens is 322 g/mol. The van der Waals surface area contributed by atoms with E-state index in [2.05, 4.69) is 15.5 Å². The number of benzene rings is 1. The SMILES string of the molecule is CON(C)S(=O)(=O)c1ccc(NC(=O)NCC2(O)CCC2)cc1. The lowest BCUT2D eigenvalue weighted by molar-refractivity contribution is -0.0287. The molecule has 1 fully saturated rings. The molecule has 1 aromatic rings. The van der Waals surface area contributed by atoms with Crippen molar-refractivity contribution in [1.82, 2.24) is 9.79 Å². The lowest BCUT2D eigenvalue weighted by atomic mass is 9.80. The number of anilines is 1. The molecule has 1 aliphatic rings. The van der Waals surface area contributed by atoms with Crippen LogP contribution in [-0.2, 0) is 14.9 Å².